The van der Waals surface area contributed by atoms with Crippen LogP contribution in [0.15, 0.2) is 146 Å². The monoisotopic (exact) mass is 615 g/mol. The van der Waals surface area contributed by atoms with Crippen molar-refractivity contribution in [1.29, 1.82) is 0 Å². The minimum absolute atomic E-state index is 0.294. The molecule has 0 radical (unpaired) electrons. The Balaban J connectivity index is 1.42. The fraction of sp³-hybridized carbons (Fsp3) is 0.0488. The lowest BCUT2D eigenvalue weighted by Gasteiger charge is -2.40. The number of anilines is 6. The van der Waals surface area contributed by atoms with Gasteiger partial charge in [-0.15, -0.1) is 0 Å². The summed E-state index contributed by atoms with van der Waals surface area (Å²) in [5, 5.41) is 0.962. The van der Waals surface area contributed by atoms with E-state index in [0.29, 0.717) is 11.5 Å². The number of aromatic nitrogens is 1. The Hall–Kier alpha value is -6.14. The minimum Gasteiger partial charge on any atom is -0.497 e. The molecule has 0 aliphatic carbocycles. The first-order chi connectivity index (χ1) is 23.1. The maximum atomic E-state index is 14.1. The summed E-state index contributed by atoms with van der Waals surface area (Å²) in [7, 11) is 3.30. The molecule has 228 valence electrons. The molecule has 0 saturated heterocycles. The zero-order valence-electron chi connectivity index (χ0n) is 25.9. The Labute approximate surface area is 272 Å². The summed E-state index contributed by atoms with van der Waals surface area (Å²) in [6, 6.07) is 48.0. The van der Waals surface area contributed by atoms with Crippen LogP contribution in [0.1, 0.15) is 0 Å². The fourth-order valence-electron chi connectivity index (χ4n) is 6.44. The molecule has 0 saturated carbocycles. The summed E-state index contributed by atoms with van der Waals surface area (Å²) in [6.07, 6.45) is 0. The number of benzene rings is 6. The molecule has 0 fully saturated rings. The van der Waals surface area contributed by atoms with Crippen molar-refractivity contribution in [2.45, 2.75) is 0 Å². The molecule has 1 aliphatic heterocycles. The number of hydrogen-bond donors (Lipinski definition) is 0. The van der Waals surface area contributed by atoms with E-state index in [9.17, 15) is 4.39 Å². The quantitative estimate of drug-likeness (QED) is 0.186. The Bertz CT molecular complexity index is 2180. The van der Waals surface area contributed by atoms with Crippen molar-refractivity contribution in [1.82, 2.24) is 4.98 Å². The van der Waals surface area contributed by atoms with Gasteiger partial charge >= 0.3 is 0 Å². The number of ether oxygens (including phenoxy) is 2. The van der Waals surface area contributed by atoms with Crippen LogP contribution in [0.25, 0.3) is 33.3 Å². The van der Waals surface area contributed by atoms with Crippen molar-refractivity contribution in [2.75, 3.05) is 24.0 Å². The molecule has 0 spiro atoms. The number of hydrogen-bond acceptors (Lipinski definition) is 5. The van der Waals surface area contributed by atoms with Gasteiger partial charge < -0.3 is 19.3 Å². The van der Waals surface area contributed by atoms with Gasteiger partial charge in [-0.3, -0.25) is 0 Å². The van der Waals surface area contributed by atoms with E-state index in [1.54, 1.807) is 26.4 Å². The molecular formula is C41H30FN3O2. The maximum absolute atomic E-state index is 14.1. The standard InChI is InChI=1S/C41H30FN3O2/c1-46-31-23-28(24-32(25-31)47-2)34-26-35(27-19-21-29(42)22-20-27)43-41-33(34)13-10-18-40(41)45-38-16-8-6-14-36(38)44(30-11-4-3-5-12-30)37-15-7-9-17-39(37)45/h3-26H,1-2H3. The van der Waals surface area contributed by atoms with Crippen molar-refractivity contribution in [3.8, 4) is 33.9 Å². The van der Waals surface area contributed by atoms with Crippen LogP contribution in [-0.2, 0) is 0 Å². The maximum Gasteiger partial charge on any atom is 0.123 e. The minimum atomic E-state index is -0.294. The molecule has 1 aromatic heterocycles. The average molecular weight is 616 g/mol. The van der Waals surface area contributed by atoms with E-state index >= 15 is 0 Å². The Kier molecular flexibility index (Phi) is 7.03. The fourth-order valence-corrected chi connectivity index (χ4v) is 6.44. The van der Waals surface area contributed by atoms with Crippen molar-refractivity contribution in [3.05, 3.63) is 151 Å². The molecule has 5 nitrogen and oxygen atoms in total. The summed E-state index contributed by atoms with van der Waals surface area (Å²) in [6.45, 7) is 0. The number of methoxy groups -OCH3 is 2. The summed E-state index contributed by atoms with van der Waals surface area (Å²) < 4.78 is 25.4. The third kappa shape index (κ3) is 4.91. The summed E-state index contributed by atoms with van der Waals surface area (Å²) in [5.74, 6) is 1.07. The highest BCUT2D eigenvalue weighted by atomic mass is 19.1. The first-order valence-corrected chi connectivity index (χ1v) is 15.4. The zero-order chi connectivity index (χ0) is 31.9. The number of pyridine rings is 1. The van der Waals surface area contributed by atoms with E-state index in [-0.39, 0.29) is 5.82 Å². The van der Waals surface area contributed by atoms with Crippen molar-refractivity contribution < 1.29 is 13.9 Å². The lowest BCUT2D eigenvalue weighted by Crippen LogP contribution is -2.24. The van der Waals surface area contributed by atoms with E-state index in [2.05, 4.69) is 107 Å². The molecule has 6 heteroatoms. The molecule has 0 atom stereocenters. The molecule has 0 bridgehead atoms. The highest BCUT2D eigenvalue weighted by molar-refractivity contribution is 6.09. The van der Waals surface area contributed by atoms with Gasteiger partial charge in [-0.25, -0.2) is 9.37 Å². The van der Waals surface area contributed by atoms with Gasteiger partial charge in [0.1, 0.15) is 17.3 Å². The second-order valence-corrected chi connectivity index (χ2v) is 11.3. The first-order valence-electron chi connectivity index (χ1n) is 15.4. The van der Waals surface area contributed by atoms with Crippen molar-refractivity contribution in [2.24, 2.45) is 0 Å². The lowest BCUT2D eigenvalue weighted by atomic mass is 9.96. The van der Waals surface area contributed by atoms with E-state index in [1.807, 2.05) is 24.3 Å². The Morgan fingerprint density at radius 3 is 1.66 bits per heavy atom. The number of fused-ring (bicyclic) bond motifs is 3. The van der Waals surface area contributed by atoms with Crippen LogP contribution in [0.3, 0.4) is 0 Å². The van der Waals surface area contributed by atoms with Crippen LogP contribution in [0, 0.1) is 5.82 Å². The summed E-state index contributed by atoms with van der Waals surface area (Å²) in [5.41, 5.74) is 10.4. The van der Waals surface area contributed by atoms with Crippen LogP contribution < -0.4 is 19.3 Å². The molecule has 7 aromatic rings. The van der Waals surface area contributed by atoms with Gasteiger partial charge in [0.2, 0.25) is 0 Å². The third-order valence-corrected chi connectivity index (χ3v) is 8.60. The number of nitrogens with zero attached hydrogens (tertiary/aromatic N) is 3. The highest BCUT2D eigenvalue weighted by Crippen LogP contribution is 2.55. The molecule has 0 N–H and O–H groups in total. The molecule has 47 heavy (non-hydrogen) atoms. The molecular weight excluding hydrogens is 585 g/mol. The van der Waals surface area contributed by atoms with E-state index < -0.39 is 0 Å². The number of para-hydroxylation sites is 6. The van der Waals surface area contributed by atoms with Gasteiger partial charge in [-0.05, 0) is 96.1 Å². The SMILES string of the molecule is COc1cc(OC)cc(-c2cc(-c3ccc(F)cc3)nc3c(N4c5ccccc5N(c5ccccc5)c5ccccc54)cccc23)c1. The average Bonchev–Trinajstić information content (AvgIpc) is 3.13. The lowest BCUT2D eigenvalue weighted by molar-refractivity contribution is 0.394. The molecule has 8 rings (SSSR count). The van der Waals surface area contributed by atoms with Gasteiger partial charge in [0.05, 0.1) is 53.9 Å². The van der Waals surface area contributed by atoms with Gasteiger partial charge in [0.15, 0.2) is 0 Å². The first kappa shape index (κ1) is 28.3. The van der Waals surface area contributed by atoms with Crippen LogP contribution in [0.4, 0.5) is 38.5 Å². The van der Waals surface area contributed by atoms with Crippen LogP contribution in [0.2, 0.25) is 0 Å². The van der Waals surface area contributed by atoms with E-state index in [1.165, 1.54) is 12.1 Å². The topological polar surface area (TPSA) is 37.8 Å². The predicted octanol–water partition coefficient (Wildman–Crippen LogP) is 11.0. The van der Waals surface area contributed by atoms with Crippen LogP contribution in [0.5, 0.6) is 11.5 Å². The predicted molar refractivity (Wildman–Crippen MR) is 189 cm³/mol. The number of rotatable bonds is 6. The van der Waals surface area contributed by atoms with E-state index in [0.717, 1.165) is 67.4 Å². The van der Waals surface area contributed by atoms with Crippen molar-refractivity contribution in [3.63, 3.8) is 0 Å². The van der Waals surface area contributed by atoms with Crippen LogP contribution >= 0.6 is 0 Å². The van der Waals surface area contributed by atoms with Gasteiger partial charge in [0.25, 0.3) is 0 Å². The molecule has 0 unspecified atom stereocenters. The normalized spacial score (nSPS) is 12.1. The molecule has 6 aromatic carbocycles. The largest absolute Gasteiger partial charge is 0.497 e. The van der Waals surface area contributed by atoms with Gasteiger partial charge in [-0.1, -0.05) is 54.6 Å². The molecule has 1 aliphatic rings. The highest BCUT2D eigenvalue weighted by Gasteiger charge is 2.31. The van der Waals surface area contributed by atoms with Crippen LogP contribution in [-0.4, -0.2) is 19.2 Å². The summed E-state index contributed by atoms with van der Waals surface area (Å²) in [4.78, 5) is 9.90. The number of halogens is 1. The zero-order valence-corrected chi connectivity index (χ0v) is 25.9. The molecule has 0 amide bonds. The third-order valence-electron chi connectivity index (χ3n) is 8.60. The second kappa shape index (κ2) is 11.7. The molecule has 2 heterocycles. The summed E-state index contributed by atoms with van der Waals surface area (Å²) >= 11 is 0. The van der Waals surface area contributed by atoms with Gasteiger partial charge in [-0.2, -0.15) is 0 Å². The van der Waals surface area contributed by atoms with Gasteiger partial charge in [0, 0.05) is 22.7 Å². The Morgan fingerprint density at radius 2 is 1.06 bits per heavy atom. The van der Waals surface area contributed by atoms with Crippen molar-refractivity contribution >= 4 is 45.0 Å². The second-order valence-electron chi connectivity index (χ2n) is 11.3. The Morgan fingerprint density at radius 1 is 0.511 bits per heavy atom. The smallest absolute Gasteiger partial charge is 0.123 e. The van der Waals surface area contributed by atoms with E-state index in [4.69, 9.17) is 14.5 Å².